The summed E-state index contributed by atoms with van der Waals surface area (Å²) >= 11 is 3.30. The van der Waals surface area contributed by atoms with Crippen LogP contribution < -0.4 is 5.32 Å². The van der Waals surface area contributed by atoms with Crippen LogP contribution in [0.5, 0.6) is 0 Å². The lowest BCUT2D eigenvalue weighted by atomic mass is 10.1. The number of ether oxygens (including phenoxy) is 2. The molecule has 0 saturated heterocycles. The Morgan fingerprint density at radius 1 is 1.53 bits per heavy atom. The van der Waals surface area contributed by atoms with E-state index in [1.165, 1.54) is 0 Å². The van der Waals surface area contributed by atoms with E-state index in [0.29, 0.717) is 6.54 Å². The van der Waals surface area contributed by atoms with Crippen LogP contribution in [0.25, 0.3) is 0 Å². The molecule has 5 nitrogen and oxygen atoms in total. The fourth-order valence-corrected chi connectivity index (χ4v) is 1.83. The minimum atomic E-state index is -0.508. The third-order valence-corrected chi connectivity index (χ3v) is 2.67. The van der Waals surface area contributed by atoms with Gasteiger partial charge in [0.05, 0.1) is 12.6 Å². The van der Waals surface area contributed by atoms with Crippen molar-refractivity contribution in [1.82, 2.24) is 10.3 Å². The standard InChI is InChI=1S/C13H19BrN2O3/c1-13(2,3)19-12(17)16-8-10(18-4)9-5-6-15-11(14)7-9/h5-7,10H,8H2,1-4H3,(H,16,17)/t10-/m1/s1. The molecule has 1 aromatic heterocycles. The summed E-state index contributed by atoms with van der Waals surface area (Å²) in [7, 11) is 1.59. The van der Waals surface area contributed by atoms with Gasteiger partial charge >= 0.3 is 6.09 Å². The molecule has 0 bridgehead atoms. The van der Waals surface area contributed by atoms with Crippen molar-refractivity contribution in [3.8, 4) is 0 Å². The molecule has 1 N–H and O–H groups in total. The lowest BCUT2D eigenvalue weighted by molar-refractivity contribution is 0.0456. The first kappa shape index (κ1) is 15.9. The smallest absolute Gasteiger partial charge is 0.407 e. The number of halogens is 1. The van der Waals surface area contributed by atoms with Gasteiger partial charge in [0.25, 0.3) is 0 Å². The van der Waals surface area contributed by atoms with E-state index in [0.717, 1.165) is 10.2 Å². The molecule has 0 saturated carbocycles. The number of aromatic nitrogens is 1. The first-order valence-corrected chi connectivity index (χ1v) is 6.72. The largest absolute Gasteiger partial charge is 0.444 e. The molecule has 0 aliphatic heterocycles. The van der Waals surface area contributed by atoms with Crippen LogP contribution >= 0.6 is 15.9 Å². The number of rotatable bonds is 4. The Bertz CT molecular complexity index is 432. The highest BCUT2D eigenvalue weighted by Crippen LogP contribution is 2.18. The average molecular weight is 331 g/mol. The maximum Gasteiger partial charge on any atom is 0.407 e. The monoisotopic (exact) mass is 330 g/mol. The van der Waals surface area contributed by atoms with Gasteiger partial charge in [0.1, 0.15) is 10.2 Å². The molecule has 0 aliphatic rings. The van der Waals surface area contributed by atoms with Crippen LogP contribution in [0.4, 0.5) is 4.79 Å². The second-order valence-corrected chi connectivity index (χ2v) is 5.83. The summed E-state index contributed by atoms with van der Waals surface area (Å²) in [6.07, 6.45) is 0.980. The normalized spacial score (nSPS) is 12.9. The molecule has 1 aromatic rings. The molecule has 0 radical (unpaired) electrons. The molecular weight excluding hydrogens is 312 g/mol. The summed E-state index contributed by atoms with van der Waals surface area (Å²) in [6, 6.07) is 3.70. The van der Waals surface area contributed by atoms with Gasteiger partial charge < -0.3 is 14.8 Å². The number of pyridine rings is 1. The molecule has 6 heteroatoms. The van der Waals surface area contributed by atoms with Crippen LogP contribution in [-0.2, 0) is 9.47 Å². The number of methoxy groups -OCH3 is 1. The molecule has 0 fully saturated rings. The van der Waals surface area contributed by atoms with Crippen LogP contribution in [0, 0.1) is 0 Å². The summed E-state index contributed by atoms with van der Waals surface area (Å²) < 4.78 is 11.2. The third-order valence-electron chi connectivity index (χ3n) is 2.24. The minimum absolute atomic E-state index is 0.244. The van der Waals surface area contributed by atoms with Crippen molar-refractivity contribution in [2.45, 2.75) is 32.5 Å². The van der Waals surface area contributed by atoms with Crippen LogP contribution in [0.2, 0.25) is 0 Å². The Balaban J connectivity index is 2.56. The van der Waals surface area contributed by atoms with E-state index in [-0.39, 0.29) is 6.10 Å². The number of carbonyl (C=O) groups is 1. The number of alkyl carbamates (subject to hydrolysis) is 1. The maximum absolute atomic E-state index is 11.6. The molecule has 1 rings (SSSR count). The highest BCUT2D eigenvalue weighted by atomic mass is 79.9. The van der Waals surface area contributed by atoms with E-state index in [1.54, 1.807) is 13.3 Å². The highest BCUT2D eigenvalue weighted by Gasteiger charge is 2.18. The Labute approximate surface area is 121 Å². The zero-order chi connectivity index (χ0) is 14.5. The minimum Gasteiger partial charge on any atom is -0.444 e. The maximum atomic E-state index is 11.6. The molecule has 1 amide bonds. The van der Waals surface area contributed by atoms with Gasteiger partial charge in [0.15, 0.2) is 0 Å². The molecule has 19 heavy (non-hydrogen) atoms. The average Bonchev–Trinajstić information content (AvgIpc) is 2.27. The molecule has 0 spiro atoms. The predicted molar refractivity (Wildman–Crippen MR) is 75.9 cm³/mol. The lowest BCUT2D eigenvalue weighted by Gasteiger charge is -2.21. The number of nitrogens with one attached hydrogen (secondary N) is 1. The van der Waals surface area contributed by atoms with Gasteiger partial charge in [-0.05, 0) is 54.4 Å². The topological polar surface area (TPSA) is 60.5 Å². The molecular formula is C13H19BrN2O3. The van der Waals surface area contributed by atoms with Gasteiger partial charge in [-0.1, -0.05) is 0 Å². The molecule has 0 aromatic carbocycles. The lowest BCUT2D eigenvalue weighted by Crippen LogP contribution is -2.35. The first-order chi connectivity index (χ1) is 8.81. The van der Waals surface area contributed by atoms with Gasteiger partial charge in [0, 0.05) is 13.3 Å². The highest BCUT2D eigenvalue weighted by molar-refractivity contribution is 9.10. The molecule has 0 unspecified atom stereocenters. The van der Waals surface area contributed by atoms with Crippen LogP contribution in [0.15, 0.2) is 22.9 Å². The summed E-state index contributed by atoms with van der Waals surface area (Å²) in [5.74, 6) is 0. The van der Waals surface area contributed by atoms with Crippen molar-refractivity contribution in [1.29, 1.82) is 0 Å². The zero-order valence-corrected chi connectivity index (χ0v) is 13.2. The van der Waals surface area contributed by atoms with Crippen LogP contribution in [0.1, 0.15) is 32.4 Å². The van der Waals surface area contributed by atoms with Crippen molar-refractivity contribution in [2.75, 3.05) is 13.7 Å². The van der Waals surface area contributed by atoms with Gasteiger partial charge in [0.2, 0.25) is 0 Å². The quantitative estimate of drug-likeness (QED) is 0.862. The van der Waals surface area contributed by atoms with Crippen molar-refractivity contribution >= 4 is 22.0 Å². The number of hydrogen-bond donors (Lipinski definition) is 1. The fraction of sp³-hybridized carbons (Fsp3) is 0.538. The second-order valence-electron chi connectivity index (χ2n) is 5.02. The van der Waals surface area contributed by atoms with Gasteiger partial charge in [-0.15, -0.1) is 0 Å². The number of hydrogen-bond acceptors (Lipinski definition) is 4. The van der Waals surface area contributed by atoms with Crippen LogP contribution in [-0.4, -0.2) is 30.3 Å². The third kappa shape index (κ3) is 6.02. The van der Waals surface area contributed by atoms with Crippen molar-refractivity contribution in [3.63, 3.8) is 0 Å². The zero-order valence-electron chi connectivity index (χ0n) is 11.6. The van der Waals surface area contributed by atoms with Crippen molar-refractivity contribution < 1.29 is 14.3 Å². The summed E-state index contributed by atoms with van der Waals surface area (Å²) in [4.78, 5) is 15.6. The van der Waals surface area contributed by atoms with Gasteiger partial charge in [-0.25, -0.2) is 9.78 Å². The van der Waals surface area contributed by atoms with E-state index >= 15 is 0 Å². The Hall–Kier alpha value is -1.14. The van der Waals surface area contributed by atoms with Crippen molar-refractivity contribution in [3.05, 3.63) is 28.5 Å². The Kier molecular flexibility index (Phi) is 5.75. The summed E-state index contributed by atoms with van der Waals surface area (Å²) in [6.45, 7) is 5.79. The van der Waals surface area contributed by atoms with Crippen molar-refractivity contribution in [2.24, 2.45) is 0 Å². The summed E-state index contributed by atoms with van der Waals surface area (Å²) in [5, 5.41) is 2.69. The number of nitrogens with zero attached hydrogens (tertiary/aromatic N) is 1. The molecule has 0 aliphatic carbocycles. The first-order valence-electron chi connectivity index (χ1n) is 5.93. The number of amides is 1. The van der Waals surface area contributed by atoms with E-state index in [2.05, 4.69) is 26.2 Å². The van der Waals surface area contributed by atoms with Gasteiger partial charge in [-0.3, -0.25) is 0 Å². The van der Waals surface area contributed by atoms with E-state index < -0.39 is 11.7 Å². The van der Waals surface area contributed by atoms with Gasteiger partial charge in [-0.2, -0.15) is 0 Å². The van der Waals surface area contributed by atoms with E-state index in [9.17, 15) is 4.79 Å². The Morgan fingerprint density at radius 3 is 2.74 bits per heavy atom. The fourth-order valence-electron chi connectivity index (χ4n) is 1.45. The molecule has 1 atom stereocenters. The van der Waals surface area contributed by atoms with Crippen LogP contribution in [0.3, 0.4) is 0 Å². The molecule has 106 valence electrons. The summed E-state index contributed by atoms with van der Waals surface area (Å²) in [5.41, 5.74) is 0.423. The predicted octanol–water partition coefficient (Wildman–Crippen LogP) is 3.06. The van der Waals surface area contributed by atoms with E-state index in [1.807, 2.05) is 32.9 Å². The SMILES string of the molecule is CO[C@H](CNC(=O)OC(C)(C)C)c1ccnc(Br)c1. The van der Waals surface area contributed by atoms with E-state index in [4.69, 9.17) is 9.47 Å². The Morgan fingerprint density at radius 2 is 2.21 bits per heavy atom. The molecule has 1 heterocycles. The number of carbonyl (C=O) groups excluding carboxylic acids is 1. The second kappa shape index (κ2) is 6.86.